The molecule has 0 unspecified atom stereocenters. The van der Waals surface area contributed by atoms with Crippen LogP contribution in [0.15, 0.2) is 205 Å². The highest BCUT2D eigenvalue weighted by Crippen LogP contribution is 2.48. The number of thiophene rings is 1. The molecule has 0 radical (unpaired) electrons. The summed E-state index contributed by atoms with van der Waals surface area (Å²) in [5.41, 5.74) is 9.82. The summed E-state index contributed by atoms with van der Waals surface area (Å²) in [7, 11) is 0. The molecule has 0 bridgehead atoms. The van der Waals surface area contributed by atoms with E-state index in [1.165, 1.54) is 69.2 Å². The van der Waals surface area contributed by atoms with E-state index in [0.717, 1.165) is 44.6 Å². The maximum atomic E-state index is 6.99. The third-order valence-electron chi connectivity index (χ3n) is 11.6. The average Bonchev–Trinajstić information content (AvgIpc) is 3.84. The quantitative estimate of drug-likeness (QED) is 0.163. The molecule has 0 aliphatic rings. The predicted octanol–water partition coefficient (Wildman–Crippen LogP) is 16.2. The molecule has 0 fully saturated rings. The smallest absolute Gasteiger partial charge is 0.143 e. The molecule has 0 aliphatic carbocycles. The van der Waals surface area contributed by atoms with Crippen LogP contribution in [-0.2, 0) is 0 Å². The number of benzene rings is 10. The summed E-state index contributed by atoms with van der Waals surface area (Å²) >= 11 is 1.86. The fourth-order valence-electron chi connectivity index (χ4n) is 8.99. The normalized spacial score (nSPS) is 11.9. The molecule has 0 N–H and O–H groups in total. The highest BCUT2D eigenvalue weighted by Gasteiger charge is 2.22. The molecule has 0 aliphatic heterocycles. The van der Waals surface area contributed by atoms with Crippen molar-refractivity contribution in [1.82, 2.24) is 0 Å². The number of hydrogen-bond acceptors (Lipinski definition) is 3. The first-order chi connectivity index (χ1) is 28.3. The van der Waals surface area contributed by atoms with Gasteiger partial charge >= 0.3 is 0 Å². The van der Waals surface area contributed by atoms with Crippen LogP contribution in [0.5, 0.6) is 0 Å². The molecule has 0 spiro atoms. The minimum atomic E-state index is 0.872. The lowest BCUT2D eigenvalue weighted by atomic mass is 9.94. The van der Waals surface area contributed by atoms with Crippen LogP contribution >= 0.6 is 11.3 Å². The van der Waals surface area contributed by atoms with Gasteiger partial charge in [-0.05, 0) is 86.6 Å². The van der Waals surface area contributed by atoms with E-state index in [9.17, 15) is 0 Å². The van der Waals surface area contributed by atoms with Gasteiger partial charge in [0.15, 0.2) is 0 Å². The van der Waals surface area contributed by atoms with Crippen LogP contribution in [0.4, 0.5) is 17.1 Å². The van der Waals surface area contributed by atoms with Crippen molar-refractivity contribution in [3.05, 3.63) is 200 Å². The largest absolute Gasteiger partial charge is 0.455 e. The van der Waals surface area contributed by atoms with Crippen LogP contribution in [0.25, 0.3) is 96.7 Å². The molecule has 0 saturated heterocycles. The molecular formula is C54H33NOS. The Bertz CT molecular complexity index is 3520. The van der Waals surface area contributed by atoms with Gasteiger partial charge in [0.05, 0.1) is 5.69 Å². The molecule has 12 aromatic rings. The van der Waals surface area contributed by atoms with E-state index < -0.39 is 0 Å². The van der Waals surface area contributed by atoms with Gasteiger partial charge in [-0.25, -0.2) is 0 Å². The summed E-state index contributed by atoms with van der Waals surface area (Å²) in [5, 5.41) is 12.1. The zero-order chi connectivity index (χ0) is 37.5. The van der Waals surface area contributed by atoms with E-state index in [4.69, 9.17) is 4.42 Å². The zero-order valence-electron chi connectivity index (χ0n) is 30.8. The molecule has 57 heavy (non-hydrogen) atoms. The van der Waals surface area contributed by atoms with Crippen LogP contribution < -0.4 is 4.90 Å². The second kappa shape index (κ2) is 12.7. The number of furan rings is 1. The molecule has 0 amide bonds. The van der Waals surface area contributed by atoms with Gasteiger partial charge in [0.1, 0.15) is 11.2 Å². The summed E-state index contributed by atoms with van der Waals surface area (Å²) in [6, 6.07) is 72.6. The number of nitrogens with zero attached hydrogens (tertiary/aromatic N) is 1. The molecule has 3 heteroatoms. The van der Waals surface area contributed by atoms with E-state index in [-0.39, 0.29) is 0 Å². The van der Waals surface area contributed by atoms with E-state index in [1.54, 1.807) is 0 Å². The van der Waals surface area contributed by atoms with Gasteiger partial charge in [-0.3, -0.25) is 0 Å². The summed E-state index contributed by atoms with van der Waals surface area (Å²) in [4.78, 5) is 2.42. The van der Waals surface area contributed by atoms with Crippen molar-refractivity contribution in [3.63, 3.8) is 0 Å². The number of rotatable bonds is 5. The first-order valence-corrected chi connectivity index (χ1v) is 20.2. The Hall–Kier alpha value is -7.20. The molecule has 0 atom stereocenters. The van der Waals surface area contributed by atoms with Gasteiger partial charge in [-0.15, -0.1) is 11.3 Å². The Balaban J connectivity index is 1.12. The van der Waals surface area contributed by atoms with Crippen molar-refractivity contribution < 1.29 is 4.42 Å². The van der Waals surface area contributed by atoms with Crippen molar-refractivity contribution in [2.24, 2.45) is 0 Å². The monoisotopic (exact) mass is 743 g/mol. The van der Waals surface area contributed by atoms with Crippen molar-refractivity contribution in [2.45, 2.75) is 0 Å². The van der Waals surface area contributed by atoms with Crippen molar-refractivity contribution in [2.75, 3.05) is 4.90 Å². The molecule has 12 rings (SSSR count). The third kappa shape index (κ3) is 5.03. The molecule has 2 aromatic heterocycles. The molecule has 266 valence electrons. The highest BCUT2D eigenvalue weighted by molar-refractivity contribution is 7.26. The van der Waals surface area contributed by atoms with Crippen LogP contribution in [0.1, 0.15) is 0 Å². The summed E-state index contributed by atoms with van der Waals surface area (Å²) in [5.74, 6) is 0. The molecule has 0 saturated carbocycles. The minimum Gasteiger partial charge on any atom is -0.455 e. The van der Waals surface area contributed by atoms with Crippen molar-refractivity contribution >= 4 is 103 Å². The maximum Gasteiger partial charge on any atom is 0.143 e. The first kappa shape index (κ1) is 32.1. The molecule has 10 aromatic carbocycles. The van der Waals surface area contributed by atoms with Crippen LogP contribution in [0.2, 0.25) is 0 Å². The summed E-state index contributed by atoms with van der Waals surface area (Å²) in [6.07, 6.45) is 0. The fraction of sp³-hybridized carbons (Fsp3) is 0. The lowest BCUT2D eigenvalue weighted by molar-refractivity contribution is 0.670. The van der Waals surface area contributed by atoms with Crippen LogP contribution in [0.3, 0.4) is 0 Å². The average molecular weight is 744 g/mol. The van der Waals surface area contributed by atoms with Crippen molar-refractivity contribution in [1.29, 1.82) is 0 Å². The van der Waals surface area contributed by atoms with Crippen LogP contribution in [0, 0.1) is 0 Å². The number of anilines is 3. The van der Waals surface area contributed by atoms with E-state index in [1.807, 2.05) is 11.3 Å². The van der Waals surface area contributed by atoms with Crippen LogP contribution in [-0.4, -0.2) is 0 Å². The predicted molar refractivity (Wildman–Crippen MR) is 245 cm³/mol. The van der Waals surface area contributed by atoms with Crippen molar-refractivity contribution in [3.8, 4) is 22.3 Å². The second-order valence-corrected chi connectivity index (χ2v) is 15.9. The Morgan fingerprint density at radius 2 is 1.02 bits per heavy atom. The first-order valence-electron chi connectivity index (χ1n) is 19.4. The van der Waals surface area contributed by atoms with Gasteiger partial charge < -0.3 is 9.32 Å². The van der Waals surface area contributed by atoms with Gasteiger partial charge in [0.2, 0.25) is 0 Å². The van der Waals surface area contributed by atoms with E-state index >= 15 is 0 Å². The number of fused-ring (bicyclic) bond motifs is 10. The fourth-order valence-corrected chi connectivity index (χ4v) is 10.2. The SMILES string of the molecule is c1ccc(-c2ccc(N(c3ccc4oc5c(-c6cccc7c6sc6ccccc67)c6ccccc6cc5c4c3)c3cc4ccccc4c4ccccc34)cc2)cc1. The Morgan fingerprint density at radius 3 is 1.84 bits per heavy atom. The van der Waals surface area contributed by atoms with Gasteiger partial charge in [0.25, 0.3) is 0 Å². The second-order valence-electron chi connectivity index (χ2n) is 14.8. The lowest BCUT2D eigenvalue weighted by Gasteiger charge is -2.28. The van der Waals surface area contributed by atoms with E-state index in [0.29, 0.717) is 0 Å². The number of hydrogen-bond donors (Lipinski definition) is 0. The third-order valence-corrected chi connectivity index (χ3v) is 12.8. The standard InChI is InChI=1S/C54H33NOS/c1-2-13-34(14-3-1)35-25-27-38(28-26-35)55(49-32-37-16-4-6-17-40(37)42-19-8-9-20-43(42)49)39-29-30-50-47(33-39)48-31-36-15-5-7-18-41(36)52(53(48)56-50)46-23-12-22-45-44-21-10-11-24-51(44)57-54(45)46/h1-33H. The molecular weight excluding hydrogens is 711 g/mol. The maximum absolute atomic E-state index is 6.99. The van der Waals surface area contributed by atoms with E-state index in [2.05, 4.69) is 205 Å². The Labute approximate surface area is 333 Å². The summed E-state index contributed by atoms with van der Waals surface area (Å²) in [6.45, 7) is 0. The topological polar surface area (TPSA) is 16.4 Å². The molecule has 2 nitrogen and oxygen atoms in total. The lowest BCUT2D eigenvalue weighted by Crippen LogP contribution is -2.10. The zero-order valence-corrected chi connectivity index (χ0v) is 31.6. The Morgan fingerprint density at radius 1 is 0.386 bits per heavy atom. The minimum absolute atomic E-state index is 0.872. The van der Waals surface area contributed by atoms with Gasteiger partial charge in [-0.2, -0.15) is 0 Å². The Kier molecular flexibility index (Phi) is 7.13. The molecule has 2 heterocycles. The highest BCUT2D eigenvalue weighted by atomic mass is 32.1. The summed E-state index contributed by atoms with van der Waals surface area (Å²) < 4.78 is 9.57. The van der Waals surface area contributed by atoms with Gasteiger partial charge in [-0.1, -0.05) is 152 Å². The van der Waals surface area contributed by atoms with Gasteiger partial charge in [0, 0.05) is 58.8 Å².